The number of hydrogen-bond acceptors (Lipinski definition) is 7. The van der Waals surface area contributed by atoms with Crippen LogP contribution in [0.5, 0.6) is 0 Å². The number of rotatable bonds is 5. The van der Waals surface area contributed by atoms with Crippen molar-refractivity contribution in [2.45, 2.75) is 43.9 Å². The Hall–Kier alpha value is -2.81. The quantitative estimate of drug-likeness (QED) is 0.804. The van der Waals surface area contributed by atoms with Crippen LogP contribution in [0.2, 0.25) is 0 Å². The number of nitrogens with one attached hydrogen (secondary N) is 2. The molecule has 0 unspecified atom stereocenters. The third-order valence-electron chi connectivity index (χ3n) is 4.67. The summed E-state index contributed by atoms with van der Waals surface area (Å²) in [6.07, 6.45) is 5.69. The lowest BCUT2D eigenvalue weighted by Crippen LogP contribution is -2.52. The molecule has 2 aromatic heterocycles. The van der Waals surface area contributed by atoms with Crippen molar-refractivity contribution in [3.63, 3.8) is 0 Å². The van der Waals surface area contributed by atoms with Crippen molar-refractivity contribution in [2.75, 3.05) is 6.61 Å². The van der Waals surface area contributed by atoms with E-state index < -0.39 is 12.1 Å². The van der Waals surface area contributed by atoms with Gasteiger partial charge in [-0.05, 0) is 24.5 Å². The fraction of sp³-hybridized carbons (Fsp3) is 0.471. The SMILES string of the molecule is O=C1CO[C@H](C(=O)NCc2noc(C3CCC3)n2)[C@@H](c2cccnc2)N1. The molecule has 9 nitrogen and oxygen atoms in total. The maximum absolute atomic E-state index is 12.6. The molecule has 2 aromatic rings. The van der Waals surface area contributed by atoms with E-state index in [1.807, 2.05) is 0 Å². The lowest BCUT2D eigenvalue weighted by molar-refractivity contribution is -0.148. The summed E-state index contributed by atoms with van der Waals surface area (Å²) >= 11 is 0. The average Bonchev–Trinajstić information content (AvgIpc) is 3.07. The predicted molar refractivity (Wildman–Crippen MR) is 87.6 cm³/mol. The maximum Gasteiger partial charge on any atom is 0.252 e. The fourth-order valence-electron chi connectivity index (χ4n) is 3.02. The molecule has 2 amide bonds. The number of ether oxygens (including phenoxy) is 1. The van der Waals surface area contributed by atoms with Crippen LogP contribution in [0.4, 0.5) is 0 Å². The van der Waals surface area contributed by atoms with Gasteiger partial charge in [-0.25, -0.2) is 0 Å². The third-order valence-corrected chi connectivity index (χ3v) is 4.67. The molecule has 1 saturated carbocycles. The Balaban J connectivity index is 1.40. The van der Waals surface area contributed by atoms with Crippen molar-refractivity contribution in [2.24, 2.45) is 0 Å². The number of pyridine rings is 1. The summed E-state index contributed by atoms with van der Waals surface area (Å²) in [4.78, 5) is 32.6. The van der Waals surface area contributed by atoms with Gasteiger partial charge >= 0.3 is 0 Å². The van der Waals surface area contributed by atoms with Crippen LogP contribution in [0.3, 0.4) is 0 Å². The van der Waals surface area contributed by atoms with Crippen LogP contribution in [-0.2, 0) is 20.9 Å². The predicted octanol–water partition coefficient (Wildman–Crippen LogP) is 0.605. The lowest BCUT2D eigenvalue weighted by Gasteiger charge is -2.31. The van der Waals surface area contributed by atoms with Gasteiger partial charge in [0, 0.05) is 18.3 Å². The Labute approximate surface area is 149 Å². The molecule has 26 heavy (non-hydrogen) atoms. The number of carbonyl (C=O) groups is 2. The highest BCUT2D eigenvalue weighted by molar-refractivity contribution is 5.86. The van der Waals surface area contributed by atoms with E-state index in [1.54, 1.807) is 24.5 Å². The van der Waals surface area contributed by atoms with E-state index in [2.05, 4.69) is 25.8 Å². The molecule has 1 saturated heterocycles. The van der Waals surface area contributed by atoms with Crippen LogP contribution in [0, 0.1) is 0 Å². The van der Waals surface area contributed by atoms with Crippen LogP contribution in [0.15, 0.2) is 29.0 Å². The van der Waals surface area contributed by atoms with Gasteiger partial charge in [0.15, 0.2) is 11.9 Å². The molecular weight excluding hydrogens is 338 g/mol. The summed E-state index contributed by atoms with van der Waals surface area (Å²) in [6.45, 7) is -0.0223. The average molecular weight is 357 g/mol. The first-order chi connectivity index (χ1) is 12.7. The van der Waals surface area contributed by atoms with Crippen molar-refractivity contribution in [3.05, 3.63) is 41.8 Å². The van der Waals surface area contributed by atoms with Crippen LogP contribution in [0.1, 0.15) is 48.5 Å². The fourth-order valence-corrected chi connectivity index (χ4v) is 3.02. The highest BCUT2D eigenvalue weighted by atomic mass is 16.5. The Morgan fingerprint density at radius 2 is 2.27 bits per heavy atom. The number of nitrogens with zero attached hydrogens (tertiary/aromatic N) is 3. The van der Waals surface area contributed by atoms with Gasteiger partial charge in [0.2, 0.25) is 11.8 Å². The van der Waals surface area contributed by atoms with E-state index in [9.17, 15) is 9.59 Å². The van der Waals surface area contributed by atoms with Crippen LogP contribution < -0.4 is 10.6 Å². The van der Waals surface area contributed by atoms with E-state index in [1.165, 1.54) is 6.42 Å². The van der Waals surface area contributed by atoms with Crippen molar-refractivity contribution in [3.8, 4) is 0 Å². The molecule has 2 N–H and O–H groups in total. The molecule has 0 spiro atoms. The molecule has 136 valence electrons. The van der Waals surface area contributed by atoms with Crippen molar-refractivity contribution >= 4 is 11.8 Å². The molecule has 1 aliphatic heterocycles. The Morgan fingerprint density at radius 3 is 3.00 bits per heavy atom. The number of hydrogen-bond donors (Lipinski definition) is 2. The zero-order valence-electron chi connectivity index (χ0n) is 14.1. The Kier molecular flexibility index (Phi) is 4.61. The number of amides is 2. The van der Waals surface area contributed by atoms with E-state index in [4.69, 9.17) is 9.26 Å². The minimum atomic E-state index is -0.852. The first kappa shape index (κ1) is 16.6. The summed E-state index contributed by atoms with van der Waals surface area (Å²) < 4.78 is 10.7. The van der Waals surface area contributed by atoms with Crippen molar-refractivity contribution in [1.82, 2.24) is 25.8 Å². The molecule has 0 aromatic carbocycles. The first-order valence-corrected chi connectivity index (χ1v) is 8.62. The topological polar surface area (TPSA) is 119 Å². The third kappa shape index (κ3) is 3.43. The van der Waals surface area contributed by atoms with Gasteiger partial charge in [-0.2, -0.15) is 4.98 Å². The zero-order chi connectivity index (χ0) is 17.9. The smallest absolute Gasteiger partial charge is 0.252 e. The summed E-state index contributed by atoms with van der Waals surface area (Å²) in [7, 11) is 0. The molecule has 3 heterocycles. The molecule has 4 rings (SSSR count). The van der Waals surface area contributed by atoms with E-state index in [0.717, 1.165) is 12.8 Å². The summed E-state index contributed by atoms with van der Waals surface area (Å²) in [5, 5.41) is 9.44. The van der Waals surface area contributed by atoms with E-state index in [0.29, 0.717) is 23.2 Å². The molecular formula is C17H19N5O4. The Morgan fingerprint density at radius 1 is 1.38 bits per heavy atom. The first-order valence-electron chi connectivity index (χ1n) is 8.62. The molecule has 2 aliphatic rings. The summed E-state index contributed by atoms with van der Waals surface area (Å²) in [5.74, 6) is 0.784. The number of aromatic nitrogens is 3. The van der Waals surface area contributed by atoms with Crippen molar-refractivity contribution < 1.29 is 18.8 Å². The molecule has 0 bridgehead atoms. The standard InChI is InChI=1S/C17H19N5O4/c23-13-9-25-15(14(21-13)11-5-2-6-18-7-11)16(24)19-8-12-20-17(26-22-12)10-3-1-4-10/h2,5-7,10,14-15H,1,3-4,8-9H2,(H,19,24)(H,21,23)/t14-,15+/m1/s1. The zero-order valence-corrected chi connectivity index (χ0v) is 14.1. The number of carbonyl (C=O) groups excluding carboxylic acids is 2. The molecule has 9 heteroatoms. The molecule has 0 radical (unpaired) electrons. The van der Waals surface area contributed by atoms with Gasteiger partial charge in [-0.15, -0.1) is 0 Å². The Bertz CT molecular complexity index is 789. The normalized spacial score (nSPS) is 23.2. The van der Waals surface area contributed by atoms with Gasteiger partial charge in [0.25, 0.3) is 5.91 Å². The summed E-state index contributed by atoms with van der Waals surface area (Å²) in [6, 6.07) is 2.93. The van der Waals surface area contributed by atoms with Crippen LogP contribution in [0.25, 0.3) is 0 Å². The minimum absolute atomic E-state index is 0.141. The monoisotopic (exact) mass is 357 g/mol. The maximum atomic E-state index is 12.6. The molecule has 2 atom stereocenters. The minimum Gasteiger partial charge on any atom is -0.356 e. The molecule has 2 fully saturated rings. The second-order valence-corrected chi connectivity index (χ2v) is 6.46. The second-order valence-electron chi connectivity index (χ2n) is 6.46. The van der Waals surface area contributed by atoms with Gasteiger partial charge in [-0.1, -0.05) is 17.6 Å². The van der Waals surface area contributed by atoms with Gasteiger partial charge in [0.05, 0.1) is 12.6 Å². The largest absolute Gasteiger partial charge is 0.356 e. The van der Waals surface area contributed by atoms with Crippen molar-refractivity contribution in [1.29, 1.82) is 0 Å². The van der Waals surface area contributed by atoms with Gasteiger partial charge in [-0.3, -0.25) is 14.6 Å². The van der Waals surface area contributed by atoms with Gasteiger partial charge < -0.3 is 19.9 Å². The lowest BCUT2D eigenvalue weighted by atomic mass is 9.85. The van der Waals surface area contributed by atoms with E-state index in [-0.39, 0.29) is 25.0 Å². The van der Waals surface area contributed by atoms with Crippen LogP contribution >= 0.6 is 0 Å². The number of morpholine rings is 1. The highest BCUT2D eigenvalue weighted by Gasteiger charge is 2.36. The van der Waals surface area contributed by atoms with Gasteiger partial charge in [0.1, 0.15) is 6.61 Å². The van der Waals surface area contributed by atoms with E-state index >= 15 is 0 Å². The second kappa shape index (κ2) is 7.20. The van der Waals surface area contributed by atoms with Crippen LogP contribution in [-0.4, -0.2) is 39.6 Å². The highest BCUT2D eigenvalue weighted by Crippen LogP contribution is 2.35. The summed E-state index contributed by atoms with van der Waals surface area (Å²) in [5.41, 5.74) is 0.701. The molecule has 1 aliphatic carbocycles.